The molecule has 1 rings (SSSR count). The SMILES string of the molecule is NC1CN(C(=O)C(F)(F)F)CC1F. The smallest absolute Gasteiger partial charge is 0.330 e. The van der Waals surface area contributed by atoms with Crippen LogP contribution >= 0.6 is 0 Å². The van der Waals surface area contributed by atoms with Gasteiger partial charge in [-0.05, 0) is 0 Å². The highest BCUT2D eigenvalue weighted by Gasteiger charge is 2.46. The van der Waals surface area contributed by atoms with Gasteiger partial charge in [-0.3, -0.25) is 4.79 Å². The molecule has 1 amide bonds. The molecule has 2 unspecified atom stereocenters. The molecule has 0 aromatic carbocycles. The molecule has 1 saturated heterocycles. The quantitative estimate of drug-likeness (QED) is 0.562. The molecule has 1 aliphatic rings. The Bertz CT molecular complexity index is 207. The number of likely N-dealkylation sites (tertiary alicyclic amines) is 1. The second-order valence-corrected chi connectivity index (χ2v) is 2.89. The van der Waals surface area contributed by atoms with Gasteiger partial charge in [0.2, 0.25) is 0 Å². The van der Waals surface area contributed by atoms with Crippen molar-refractivity contribution < 1.29 is 22.4 Å². The Morgan fingerprint density at radius 2 is 1.92 bits per heavy atom. The van der Waals surface area contributed by atoms with Crippen molar-refractivity contribution >= 4 is 5.91 Å². The first-order valence-electron chi connectivity index (χ1n) is 3.58. The summed E-state index contributed by atoms with van der Waals surface area (Å²) in [5.74, 6) is -2.02. The average molecular weight is 200 g/mol. The van der Waals surface area contributed by atoms with E-state index in [1.54, 1.807) is 0 Å². The van der Waals surface area contributed by atoms with Crippen molar-refractivity contribution in [1.29, 1.82) is 0 Å². The van der Waals surface area contributed by atoms with Crippen LogP contribution in [0.4, 0.5) is 17.6 Å². The fourth-order valence-corrected chi connectivity index (χ4v) is 1.13. The lowest BCUT2D eigenvalue weighted by molar-refractivity contribution is -0.184. The minimum Gasteiger partial charge on any atom is -0.330 e. The van der Waals surface area contributed by atoms with Crippen molar-refractivity contribution in [1.82, 2.24) is 4.90 Å². The van der Waals surface area contributed by atoms with Gasteiger partial charge >= 0.3 is 12.1 Å². The summed E-state index contributed by atoms with van der Waals surface area (Å²) in [4.78, 5) is 10.9. The van der Waals surface area contributed by atoms with Crippen LogP contribution in [0.5, 0.6) is 0 Å². The van der Waals surface area contributed by atoms with Crippen molar-refractivity contribution in [2.45, 2.75) is 18.4 Å². The molecule has 0 aromatic rings. The summed E-state index contributed by atoms with van der Waals surface area (Å²) in [6.07, 6.45) is -6.50. The van der Waals surface area contributed by atoms with Gasteiger partial charge in [0.05, 0.1) is 12.6 Å². The molecule has 7 heteroatoms. The van der Waals surface area contributed by atoms with Crippen molar-refractivity contribution in [2.75, 3.05) is 13.1 Å². The van der Waals surface area contributed by atoms with Gasteiger partial charge in [0.15, 0.2) is 0 Å². The van der Waals surface area contributed by atoms with E-state index in [1.165, 1.54) is 0 Å². The summed E-state index contributed by atoms with van der Waals surface area (Å²) in [7, 11) is 0. The maximum atomic E-state index is 12.6. The molecule has 1 heterocycles. The molecule has 2 atom stereocenters. The maximum Gasteiger partial charge on any atom is 0.471 e. The van der Waals surface area contributed by atoms with Crippen LogP contribution in [0.1, 0.15) is 0 Å². The van der Waals surface area contributed by atoms with Gasteiger partial charge in [-0.2, -0.15) is 13.2 Å². The van der Waals surface area contributed by atoms with Crippen LogP contribution in [-0.2, 0) is 4.79 Å². The van der Waals surface area contributed by atoms with Crippen LogP contribution < -0.4 is 5.73 Å². The van der Waals surface area contributed by atoms with Crippen molar-refractivity contribution in [3.05, 3.63) is 0 Å². The Labute approximate surface area is 71.5 Å². The lowest BCUT2D eigenvalue weighted by Crippen LogP contribution is -2.40. The molecule has 0 radical (unpaired) electrons. The summed E-state index contributed by atoms with van der Waals surface area (Å²) in [5, 5.41) is 0. The zero-order valence-electron chi connectivity index (χ0n) is 6.51. The van der Waals surface area contributed by atoms with E-state index in [9.17, 15) is 22.4 Å². The molecule has 76 valence electrons. The predicted molar refractivity (Wildman–Crippen MR) is 35.5 cm³/mol. The molecule has 1 aliphatic heterocycles. The molecule has 0 aromatic heterocycles. The number of rotatable bonds is 0. The highest BCUT2D eigenvalue weighted by molar-refractivity contribution is 5.82. The number of alkyl halides is 4. The molecule has 1 fully saturated rings. The van der Waals surface area contributed by atoms with Crippen LogP contribution in [0.15, 0.2) is 0 Å². The third-order valence-corrected chi connectivity index (χ3v) is 1.82. The Hall–Kier alpha value is -0.850. The standard InChI is InChI=1S/C6H8F4N2O/c7-3-1-12(2-4(3)11)5(13)6(8,9)10/h3-4H,1-2,11H2. The van der Waals surface area contributed by atoms with E-state index in [-0.39, 0.29) is 6.54 Å². The molecule has 2 N–H and O–H groups in total. The summed E-state index contributed by atoms with van der Waals surface area (Å²) in [6.45, 7) is -0.945. The summed E-state index contributed by atoms with van der Waals surface area (Å²) in [6, 6.07) is -1.01. The molecule has 0 aliphatic carbocycles. The first kappa shape index (κ1) is 10.2. The summed E-state index contributed by atoms with van der Waals surface area (Å²) in [5.41, 5.74) is 5.11. The Balaban J connectivity index is 2.61. The lowest BCUT2D eigenvalue weighted by atomic mass is 10.3. The van der Waals surface area contributed by atoms with Gasteiger partial charge < -0.3 is 10.6 Å². The zero-order chi connectivity index (χ0) is 10.2. The van der Waals surface area contributed by atoms with E-state index in [0.29, 0.717) is 4.90 Å². The first-order chi connectivity index (χ1) is 5.82. The number of hydrogen-bond acceptors (Lipinski definition) is 2. The largest absolute Gasteiger partial charge is 0.471 e. The number of carbonyl (C=O) groups excluding carboxylic acids is 1. The Morgan fingerprint density at radius 3 is 2.23 bits per heavy atom. The molecule has 0 spiro atoms. The number of amides is 1. The average Bonchev–Trinajstić information content (AvgIpc) is 2.29. The number of hydrogen-bond donors (Lipinski definition) is 1. The van der Waals surface area contributed by atoms with Gasteiger partial charge in [0, 0.05) is 6.54 Å². The number of nitrogens with zero attached hydrogens (tertiary/aromatic N) is 1. The van der Waals surface area contributed by atoms with E-state index in [0.717, 1.165) is 0 Å². The van der Waals surface area contributed by atoms with Crippen LogP contribution in [0.25, 0.3) is 0 Å². The molecular weight excluding hydrogens is 192 g/mol. The van der Waals surface area contributed by atoms with Gasteiger partial charge in [0.25, 0.3) is 0 Å². The fourth-order valence-electron chi connectivity index (χ4n) is 1.13. The van der Waals surface area contributed by atoms with Crippen LogP contribution in [0.2, 0.25) is 0 Å². The number of nitrogens with two attached hydrogens (primary N) is 1. The first-order valence-corrected chi connectivity index (χ1v) is 3.58. The number of carbonyl (C=O) groups is 1. The Kier molecular flexibility index (Phi) is 2.47. The van der Waals surface area contributed by atoms with Crippen LogP contribution in [0.3, 0.4) is 0 Å². The third-order valence-electron chi connectivity index (χ3n) is 1.82. The van der Waals surface area contributed by atoms with Crippen LogP contribution in [-0.4, -0.2) is 42.3 Å². The van der Waals surface area contributed by atoms with Gasteiger partial charge in [-0.25, -0.2) is 4.39 Å². The van der Waals surface area contributed by atoms with Gasteiger partial charge in [-0.15, -0.1) is 0 Å². The highest BCUT2D eigenvalue weighted by Crippen LogP contribution is 2.22. The predicted octanol–water partition coefficient (Wildman–Crippen LogP) is 0.0563. The molecule has 13 heavy (non-hydrogen) atoms. The van der Waals surface area contributed by atoms with Gasteiger partial charge in [-0.1, -0.05) is 0 Å². The fraction of sp³-hybridized carbons (Fsp3) is 0.833. The van der Waals surface area contributed by atoms with E-state index >= 15 is 0 Å². The highest BCUT2D eigenvalue weighted by atomic mass is 19.4. The minimum atomic E-state index is -4.94. The molecule has 3 nitrogen and oxygen atoms in total. The molecule has 0 bridgehead atoms. The molecular formula is C6H8F4N2O. The van der Waals surface area contributed by atoms with Crippen molar-refractivity contribution in [2.24, 2.45) is 5.73 Å². The Morgan fingerprint density at radius 1 is 1.38 bits per heavy atom. The van der Waals surface area contributed by atoms with E-state index < -0.39 is 30.8 Å². The lowest BCUT2D eigenvalue weighted by Gasteiger charge is -2.16. The van der Waals surface area contributed by atoms with Crippen molar-refractivity contribution in [3.8, 4) is 0 Å². The van der Waals surface area contributed by atoms with E-state index in [2.05, 4.69) is 0 Å². The summed E-state index contributed by atoms with van der Waals surface area (Å²) >= 11 is 0. The van der Waals surface area contributed by atoms with E-state index in [4.69, 9.17) is 5.73 Å². The third kappa shape index (κ3) is 2.09. The normalized spacial score (nSPS) is 29.5. The maximum absolute atomic E-state index is 12.6. The van der Waals surface area contributed by atoms with E-state index in [1.807, 2.05) is 0 Å². The topological polar surface area (TPSA) is 46.3 Å². The number of halogens is 4. The second kappa shape index (κ2) is 3.13. The van der Waals surface area contributed by atoms with Crippen LogP contribution in [0, 0.1) is 0 Å². The second-order valence-electron chi connectivity index (χ2n) is 2.89. The van der Waals surface area contributed by atoms with Crippen molar-refractivity contribution in [3.63, 3.8) is 0 Å². The van der Waals surface area contributed by atoms with Gasteiger partial charge in [0.1, 0.15) is 6.17 Å². The molecule has 0 saturated carbocycles. The monoisotopic (exact) mass is 200 g/mol. The zero-order valence-corrected chi connectivity index (χ0v) is 6.51. The minimum absolute atomic E-state index is 0.375. The summed E-state index contributed by atoms with van der Waals surface area (Å²) < 4.78 is 48.0.